The molecule has 0 radical (unpaired) electrons. The molecule has 6 nitrogen and oxygen atoms in total. The first-order valence-corrected chi connectivity index (χ1v) is 7.67. The third kappa shape index (κ3) is 3.19. The highest BCUT2D eigenvalue weighted by molar-refractivity contribution is 7.99. The average Bonchev–Trinajstić information content (AvgIpc) is 3.33. The molecule has 114 valence electrons. The average molecular weight is 310 g/mol. The lowest BCUT2D eigenvalue weighted by Gasteiger charge is -2.30. The Balaban J connectivity index is 2.20. The zero-order chi connectivity index (χ0) is 15.5. The topological polar surface area (TPSA) is 81.5 Å². The number of carbonyl (C=O) groups is 1. The van der Waals surface area contributed by atoms with Crippen molar-refractivity contribution >= 4 is 23.4 Å². The van der Waals surface area contributed by atoms with Gasteiger partial charge in [0.1, 0.15) is 5.54 Å². The summed E-state index contributed by atoms with van der Waals surface area (Å²) in [5, 5.41) is 14.1. The van der Waals surface area contributed by atoms with Crippen molar-refractivity contribution in [3.05, 3.63) is 34.4 Å². The SMILES string of the molecule is CNC(CSc1ccccc1[N+](=O)[O-])(C(=O)OC)C1CC1. The number of likely N-dealkylation sites (N-methyl/N-ethyl adjacent to an activating group) is 1. The van der Waals surface area contributed by atoms with Crippen molar-refractivity contribution in [1.82, 2.24) is 5.32 Å². The molecule has 1 aliphatic rings. The van der Waals surface area contributed by atoms with E-state index < -0.39 is 10.5 Å². The van der Waals surface area contributed by atoms with Gasteiger partial charge in [-0.2, -0.15) is 0 Å². The number of nitrogens with one attached hydrogen (secondary N) is 1. The summed E-state index contributed by atoms with van der Waals surface area (Å²) in [7, 11) is 3.10. The molecule has 1 unspecified atom stereocenters. The number of nitro benzene ring substituents is 1. The maximum absolute atomic E-state index is 12.2. The summed E-state index contributed by atoms with van der Waals surface area (Å²) in [5.41, 5.74) is -0.712. The largest absolute Gasteiger partial charge is 0.468 e. The Morgan fingerprint density at radius 1 is 1.52 bits per heavy atom. The van der Waals surface area contributed by atoms with Crippen molar-refractivity contribution in [3.63, 3.8) is 0 Å². The minimum absolute atomic E-state index is 0.0631. The van der Waals surface area contributed by atoms with Crippen LogP contribution < -0.4 is 5.32 Å². The van der Waals surface area contributed by atoms with Gasteiger partial charge in [0.2, 0.25) is 0 Å². The van der Waals surface area contributed by atoms with Gasteiger partial charge in [-0.3, -0.25) is 14.9 Å². The molecular weight excluding hydrogens is 292 g/mol. The van der Waals surface area contributed by atoms with Crippen LogP contribution in [-0.4, -0.2) is 36.3 Å². The lowest BCUT2D eigenvalue weighted by Crippen LogP contribution is -2.55. The Morgan fingerprint density at radius 2 is 2.19 bits per heavy atom. The fraction of sp³-hybridized carbons (Fsp3) is 0.500. The van der Waals surface area contributed by atoms with Crippen molar-refractivity contribution in [2.75, 3.05) is 19.9 Å². The predicted molar refractivity (Wildman–Crippen MR) is 80.4 cm³/mol. The van der Waals surface area contributed by atoms with Gasteiger partial charge in [0, 0.05) is 11.8 Å². The second-order valence-corrected chi connectivity index (χ2v) is 6.02. The molecule has 0 aromatic heterocycles. The molecule has 0 bridgehead atoms. The van der Waals surface area contributed by atoms with E-state index in [0.29, 0.717) is 10.6 Å². The van der Waals surface area contributed by atoms with Gasteiger partial charge in [0.15, 0.2) is 0 Å². The summed E-state index contributed by atoms with van der Waals surface area (Å²) in [6, 6.07) is 6.56. The lowest BCUT2D eigenvalue weighted by atomic mass is 9.96. The number of thioether (sulfide) groups is 1. The molecule has 2 rings (SSSR count). The van der Waals surface area contributed by atoms with Crippen LogP contribution in [0.3, 0.4) is 0 Å². The summed E-state index contributed by atoms with van der Waals surface area (Å²) in [4.78, 5) is 23.3. The molecule has 0 aliphatic heterocycles. The second-order valence-electron chi connectivity index (χ2n) is 5.00. The smallest absolute Gasteiger partial charge is 0.327 e. The lowest BCUT2D eigenvalue weighted by molar-refractivity contribution is -0.387. The third-order valence-corrected chi connectivity index (χ3v) is 5.04. The van der Waals surface area contributed by atoms with E-state index in [0.717, 1.165) is 12.8 Å². The zero-order valence-corrected chi connectivity index (χ0v) is 12.8. The van der Waals surface area contributed by atoms with E-state index in [9.17, 15) is 14.9 Å². The quantitative estimate of drug-likeness (QED) is 0.360. The number of rotatable bonds is 7. The minimum Gasteiger partial charge on any atom is -0.468 e. The van der Waals surface area contributed by atoms with E-state index >= 15 is 0 Å². The Morgan fingerprint density at radius 3 is 2.71 bits per heavy atom. The maximum atomic E-state index is 12.2. The Kier molecular flexibility index (Phi) is 4.84. The van der Waals surface area contributed by atoms with E-state index in [1.165, 1.54) is 24.9 Å². The number of nitro groups is 1. The number of methoxy groups -OCH3 is 1. The Labute approximate surface area is 127 Å². The van der Waals surface area contributed by atoms with Crippen LogP contribution in [0.5, 0.6) is 0 Å². The van der Waals surface area contributed by atoms with Gasteiger partial charge in [-0.1, -0.05) is 12.1 Å². The number of hydrogen-bond acceptors (Lipinski definition) is 6. The third-order valence-electron chi connectivity index (χ3n) is 3.79. The summed E-state index contributed by atoms with van der Waals surface area (Å²) in [6.45, 7) is 0. The normalized spacial score (nSPS) is 17.0. The van der Waals surface area contributed by atoms with E-state index in [1.807, 2.05) is 0 Å². The van der Waals surface area contributed by atoms with Crippen LogP contribution in [0.4, 0.5) is 5.69 Å². The highest BCUT2D eigenvalue weighted by Gasteiger charge is 2.51. The molecular formula is C14H18N2O4S. The van der Waals surface area contributed by atoms with Crippen LogP contribution in [0.25, 0.3) is 0 Å². The summed E-state index contributed by atoms with van der Waals surface area (Å²) in [5.74, 6) is 0.329. The monoisotopic (exact) mass is 310 g/mol. The van der Waals surface area contributed by atoms with Crippen LogP contribution in [0, 0.1) is 16.0 Å². The van der Waals surface area contributed by atoms with Gasteiger partial charge in [0.25, 0.3) is 5.69 Å². The molecule has 21 heavy (non-hydrogen) atoms. The van der Waals surface area contributed by atoms with Gasteiger partial charge in [-0.05, 0) is 31.9 Å². The van der Waals surface area contributed by atoms with Gasteiger partial charge in [-0.15, -0.1) is 11.8 Å². The van der Waals surface area contributed by atoms with Gasteiger partial charge >= 0.3 is 5.97 Å². The molecule has 0 amide bonds. The Hall–Kier alpha value is -1.60. The molecule has 1 N–H and O–H groups in total. The van der Waals surface area contributed by atoms with Gasteiger partial charge < -0.3 is 10.1 Å². The van der Waals surface area contributed by atoms with Crippen LogP contribution in [0.1, 0.15) is 12.8 Å². The van der Waals surface area contributed by atoms with Crippen molar-refractivity contribution < 1.29 is 14.5 Å². The summed E-state index contributed by atoms with van der Waals surface area (Å²) >= 11 is 1.31. The standard InChI is InChI=1S/C14H18N2O4S/c1-15-14(10-7-8-10,13(17)20-2)9-21-12-6-4-3-5-11(12)16(18)19/h3-6,10,15H,7-9H2,1-2H3. The number of nitrogens with zero attached hydrogens (tertiary/aromatic N) is 1. The minimum atomic E-state index is -0.775. The second kappa shape index (κ2) is 6.44. The van der Waals surface area contributed by atoms with E-state index in [-0.39, 0.29) is 17.6 Å². The fourth-order valence-electron chi connectivity index (χ4n) is 2.40. The first kappa shape index (κ1) is 15.8. The van der Waals surface area contributed by atoms with Crippen molar-refractivity contribution in [3.8, 4) is 0 Å². The number of carbonyl (C=O) groups excluding carboxylic acids is 1. The summed E-state index contributed by atoms with van der Waals surface area (Å²) < 4.78 is 4.93. The molecule has 1 aliphatic carbocycles. The van der Waals surface area contributed by atoms with Crippen molar-refractivity contribution in [2.45, 2.75) is 23.3 Å². The van der Waals surface area contributed by atoms with Crippen molar-refractivity contribution in [2.24, 2.45) is 5.92 Å². The molecule has 1 saturated carbocycles. The molecule has 0 spiro atoms. The molecule has 1 aromatic rings. The number of esters is 1. The maximum Gasteiger partial charge on any atom is 0.327 e. The zero-order valence-electron chi connectivity index (χ0n) is 12.0. The molecule has 1 atom stereocenters. The summed E-state index contributed by atoms with van der Waals surface area (Å²) in [6.07, 6.45) is 1.93. The van der Waals surface area contributed by atoms with E-state index in [1.54, 1.807) is 25.2 Å². The van der Waals surface area contributed by atoms with Crippen LogP contribution in [0.2, 0.25) is 0 Å². The van der Waals surface area contributed by atoms with E-state index in [2.05, 4.69) is 5.32 Å². The molecule has 1 fully saturated rings. The molecule has 1 aromatic carbocycles. The van der Waals surface area contributed by atoms with Gasteiger partial charge in [-0.25, -0.2) is 0 Å². The van der Waals surface area contributed by atoms with Crippen molar-refractivity contribution in [1.29, 1.82) is 0 Å². The Bertz CT molecular complexity index is 548. The van der Waals surface area contributed by atoms with Crippen LogP contribution in [0.15, 0.2) is 29.2 Å². The first-order valence-electron chi connectivity index (χ1n) is 6.68. The number of ether oxygens (including phenoxy) is 1. The number of benzene rings is 1. The van der Waals surface area contributed by atoms with Gasteiger partial charge in [0.05, 0.1) is 16.9 Å². The van der Waals surface area contributed by atoms with Crippen LogP contribution in [-0.2, 0) is 9.53 Å². The molecule has 0 heterocycles. The molecule has 0 saturated heterocycles. The predicted octanol–water partition coefficient (Wildman–Crippen LogP) is 2.23. The van der Waals surface area contributed by atoms with Crippen LogP contribution >= 0.6 is 11.8 Å². The number of hydrogen-bond donors (Lipinski definition) is 1. The number of para-hydroxylation sites is 1. The molecule has 7 heteroatoms. The van der Waals surface area contributed by atoms with E-state index in [4.69, 9.17) is 4.74 Å². The highest BCUT2D eigenvalue weighted by Crippen LogP contribution is 2.43. The fourth-order valence-corrected chi connectivity index (χ4v) is 3.75. The highest BCUT2D eigenvalue weighted by atomic mass is 32.2. The first-order chi connectivity index (χ1) is 10.0.